The third-order valence-electron chi connectivity index (χ3n) is 2.95. The maximum atomic E-state index is 11.5. The van der Waals surface area contributed by atoms with Gasteiger partial charge in [-0.1, -0.05) is 6.07 Å². The summed E-state index contributed by atoms with van der Waals surface area (Å²) in [7, 11) is 0. The molecule has 0 saturated carbocycles. The Bertz CT molecular complexity index is 497. The summed E-state index contributed by atoms with van der Waals surface area (Å²) in [6.07, 6.45) is -1.20. The van der Waals surface area contributed by atoms with Crippen LogP contribution in [-0.4, -0.2) is 27.9 Å². The average Bonchev–Trinajstić information content (AvgIpc) is 2.64. The molecule has 0 amide bonds. The van der Waals surface area contributed by atoms with Crippen molar-refractivity contribution in [3.05, 3.63) is 29.3 Å². The largest absolute Gasteiger partial charge is 0.351 e. The fraction of sp³-hybridized carbons (Fsp3) is 0.417. The average molecular weight is 235 g/mol. The Hall–Kier alpha value is -1.75. The molecule has 0 spiro atoms. The van der Waals surface area contributed by atoms with Crippen molar-refractivity contribution in [2.24, 2.45) is 5.28 Å². The van der Waals surface area contributed by atoms with E-state index in [9.17, 15) is 9.90 Å². The predicted molar refractivity (Wildman–Crippen MR) is 59.8 cm³/mol. The van der Waals surface area contributed by atoms with Crippen LogP contribution in [0.15, 0.2) is 23.5 Å². The molecular weight excluding hydrogens is 220 g/mol. The summed E-state index contributed by atoms with van der Waals surface area (Å²) in [6.45, 7) is 5.40. The van der Waals surface area contributed by atoms with E-state index in [0.29, 0.717) is 0 Å². The summed E-state index contributed by atoms with van der Waals surface area (Å²) in [5.41, 5.74) is 3.00. The maximum Gasteiger partial charge on any atom is 0.308 e. The zero-order valence-electron chi connectivity index (χ0n) is 10.0. The van der Waals surface area contributed by atoms with Gasteiger partial charge in [0.05, 0.1) is 0 Å². The van der Waals surface area contributed by atoms with Crippen molar-refractivity contribution in [2.75, 3.05) is 0 Å². The van der Waals surface area contributed by atoms with Gasteiger partial charge in [-0.15, -0.1) is 0 Å². The van der Waals surface area contributed by atoms with Crippen LogP contribution < -0.4 is 0 Å². The molecule has 0 aromatic heterocycles. The second-order valence-corrected chi connectivity index (χ2v) is 4.25. The van der Waals surface area contributed by atoms with Crippen molar-refractivity contribution in [3.8, 4) is 0 Å². The molecule has 0 saturated heterocycles. The van der Waals surface area contributed by atoms with E-state index in [0.717, 1.165) is 16.8 Å². The number of benzene rings is 1. The van der Waals surface area contributed by atoms with Gasteiger partial charge in [-0.3, -0.25) is 4.79 Å². The highest BCUT2D eigenvalue weighted by molar-refractivity contribution is 5.80. The smallest absolute Gasteiger partial charge is 0.308 e. The lowest BCUT2D eigenvalue weighted by Crippen LogP contribution is -2.35. The first-order valence-corrected chi connectivity index (χ1v) is 5.42. The molecule has 2 unspecified atom stereocenters. The van der Waals surface area contributed by atoms with Gasteiger partial charge in [0, 0.05) is 19.1 Å². The monoisotopic (exact) mass is 235 g/mol. The Balaban J connectivity index is 2.39. The molecule has 0 radical (unpaired) electrons. The lowest BCUT2D eigenvalue weighted by molar-refractivity contribution is -0.533. The highest BCUT2D eigenvalue weighted by atomic mass is 16.7. The minimum absolute atomic E-state index is 0.183. The van der Waals surface area contributed by atoms with Crippen molar-refractivity contribution in [3.63, 3.8) is 0 Å². The first-order valence-electron chi connectivity index (χ1n) is 5.42. The molecule has 0 aliphatic carbocycles. The van der Waals surface area contributed by atoms with Gasteiger partial charge in [-0.25, -0.2) is 0 Å². The second-order valence-electron chi connectivity index (χ2n) is 4.25. The van der Waals surface area contributed by atoms with Gasteiger partial charge in [-0.2, -0.15) is 0 Å². The van der Waals surface area contributed by atoms with Gasteiger partial charge < -0.3 is 9.94 Å². The third kappa shape index (κ3) is 2.06. The number of Topliss-reactive ketones (excluding diaryl/α,β-unsaturated/α-hetero) is 1. The molecule has 1 aromatic rings. The van der Waals surface area contributed by atoms with E-state index < -0.39 is 12.3 Å². The van der Waals surface area contributed by atoms with Crippen molar-refractivity contribution < 1.29 is 19.4 Å². The molecule has 2 atom stereocenters. The quantitative estimate of drug-likeness (QED) is 0.792. The topological polar surface area (TPSA) is 61.9 Å². The summed E-state index contributed by atoms with van der Waals surface area (Å²) in [4.78, 5) is 16.2. The molecule has 1 aliphatic heterocycles. The Labute approximate surface area is 99.3 Å². The van der Waals surface area contributed by atoms with Crippen LogP contribution in [0, 0.1) is 13.8 Å². The van der Waals surface area contributed by atoms with E-state index in [1.807, 2.05) is 32.0 Å². The van der Waals surface area contributed by atoms with Crippen LogP contribution in [0.25, 0.3) is 0 Å². The van der Waals surface area contributed by atoms with E-state index >= 15 is 0 Å². The highest BCUT2D eigenvalue weighted by Gasteiger charge is 2.45. The molecule has 17 heavy (non-hydrogen) atoms. The van der Waals surface area contributed by atoms with Crippen LogP contribution in [0.4, 0.5) is 5.69 Å². The van der Waals surface area contributed by atoms with E-state index in [2.05, 4.69) is 5.28 Å². The lowest BCUT2D eigenvalue weighted by atomic mass is 10.1. The van der Waals surface area contributed by atoms with E-state index in [4.69, 9.17) is 4.84 Å². The summed E-state index contributed by atoms with van der Waals surface area (Å²) in [5.74, 6) is -0.183. The second kappa shape index (κ2) is 4.25. The summed E-state index contributed by atoms with van der Waals surface area (Å²) < 4.78 is 1.42. The number of aliphatic hydroxyl groups is 1. The minimum Gasteiger partial charge on any atom is -0.351 e. The molecule has 1 heterocycles. The third-order valence-corrected chi connectivity index (χ3v) is 2.95. The number of rotatable bonds is 2. The number of ketones is 1. The maximum absolute atomic E-state index is 11.5. The molecule has 1 N–H and O–H groups in total. The van der Waals surface area contributed by atoms with Crippen molar-refractivity contribution in [1.82, 2.24) is 0 Å². The van der Waals surface area contributed by atoms with E-state index in [-0.39, 0.29) is 5.78 Å². The molecule has 2 rings (SSSR count). The number of carbonyl (C=O) groups is 1. The van der Waals surface area contributed by atoms with E-state index in [1.54, 1.807) is 0 Å². The Kier molecular flexibility index (Phi) is 2.93. The molecule has 0 fully saturated rings. The molecular formula is C12H15N2O3+. The molecule has 0 bridgehead atoms. The van der Waals surface area contributed by atoms with Crippen LogP contribution in [0.5, 0.6) is 0 Å². The van der Waals surface area contributed by atoms with Gasteiger partial charge in [0.1, 0.15) is 0 Å². The molecule has 90 valence electrons. The lowest BCUT2D eigenvalue weighted by Gasteiger charge is -2.05. The van der Waals surface area contributed by atoms with E-state index in [1.165, 1.54) is 11.6 Å². The van der Waals surface area contributed by atoms with Gasteiger partial charge in [-0.05, 0) is 29.7 Å². The molecule has 1 aliphatic rings. The summed E-state index contributed by atoms with van der Waals surface area (Å²) in [5, 5.41) is 13.3. The van der Waals surface area contributed by atoms with Crippen LogP contribution in [0.3, 0.4) is 0 Å². The van der Waals surface area contributed by atoms with Crippen LogP contribution in [-0.2, 0) is 9.63 Å². The van der Waals surface area contributed by atoms with Crippen LogP contribution >= 0.6 is 0 Å². The standard InChI is InChI=1S/C12H15N2O3/c1-7-4-5-10(6-8(7)2)14-11(9(3)15)12(16)17-13-14/h4-6,11-12,16H,1-3H3/q+1. The fourth-order valence-electron chi connectivity index (χ4n) is 1.78. The Morgan fingerprint density at radius 1 is 1.41 bits per heavy atom. The number of aryl methyl sites for hydroxylation is 2. The van der Waals surface area contributed by atoms with Crippen LogP contribution in [0.1, 0.15) is 18.1 Å². The molecule has 1 aromatic carbocycles. The Morgan fingerprint density at radius 3 is 2.71 bits per heavy atom. The zero-order chi connectivity index (χ0) is 12.6. The normalized spacial score (nSPS) is 23.2. The number of hydrogen-bond acceptors (Lipinski definition) is 4. The van der Waals surface area contributed by atoms with Crippen LogP contribution in [0.2, 0.25) is 0 Å². The first kappa shape index (κ1) is 11.7. The van der Waals surface area contributed by atoms with Gasteiger partial charge in [0.2, 0.25) is 11.5 Å². The zero-order valence-corrected chi connectivity index (χ0v) is 10.0. The SMILES string of the molecule is CC(=O)C1C(O)ON=[N+]1c1ccc(C)c(C)c1. The van der Waals surface area contributed by atoms with Gasteiger partial charge >= 0.3 is 12.3 Å². The number of aliphatic hydroxyl groups excluding tert-OH is 1. The fourth-order valence-corrected chi connectivity index (χ4v) is 1.78. The van der Waals surface area contributed by atoms with Crippen molar-refractivity contribution in [1.29, 1.82) is 0 Å². The number of nitrogens with zero attached hydrogens (tertiary/aromatic N) is 2. The number of carbonyl (C=O) groups excluding carboxylic acids is 1. The van der Waals surface area contributed by atoms with Crippen molar-refractivity contribution >= 4 is 11.5 Å². The Morgan fingerprint density at radius 2 is 2.12 bits per heavy atom. The first-order chi connectivity index (χ1) is 8.00. The summed E-state index contributed by atoms with van der Waals surface area (Å²) >= 11 is 0. The molecule has 5 heteroatoms. The van der Waals surface area contributed by atoms with Gasteiger partial charge in [0.15, 0.2) is 5.28 Å². The van der Waals surface area contributed by atoms with Gasteiger partial charge in [0.25, 0.3) is 0 Å². The number of hydrogen-bond donors (Lipinski definition) is 1. The molecule has 5 nitrogen and oxygen atoms in total. The van der Waals surface area contributed by atoms with Crippen molar-refractivity contribution in [2.45, 2.75) is 33.1 Å². The predicted octanol–water partition coefficient (Wildman–Crippen LogP) is 1.62. The minimum atomic E-state index is -1.20. The highest BCUT2D eigenvalue weighted by Crippen LogP contribution is 2.25. The summed E-state index contributed by atoms with van der Waals surface area (Å²) in [6, 6.07) is 4.94.